The number of piperazine rings is 1. The summed E-state index contributed by atoms with van der Waals surface area (Å²) in [4.78, 5) is 16.5. The first-order valence-electron chi connectivity index (χ1n) is 10.1. The first-order valence-corrected chi connectivity index (χ1v) is 10.8. The number of benzene rings is 3. The average molecular weight is 441 g/mol. The third kappa shape index (κ3) is 4.96. The van der Waals surface area contributed by atoms with Crippen LogP contribution in [0.25, 0.3) is 0 Å². The zero-order chi connectivity index (χ0) is 20.9. The van der Waals surface area contributed by atoms with Crippen molar-refractivity contribution in [3.05, 3.63) is 94.0 Å². The summed E-state index contributed by atoms with van der Waals surface area (Å²) in [7, 11) is 0. The highest BCUT2D eigenvalue weighted by Gasteiger charge is 2.20. The zero-order valence-corrected chi connectivity index (χ0v) is 18.1. The Labute approximate surface area is 187 Å². The number of anilines is 2. The molecule has 0 spiro atoms. The van der Waals surface area contributed by atoms with Gasteiger partial charge in [-0.15, -0.1) is 0 Å². The molecular formula is C24H24Cl2N3O+. The van der Waals surface area contributed by atoms with Crippen LogP contribution in [0.5, 0.6) is 0 Å². The Hall–Kier alpha value is -2.53. The van der Waals surface area contributed by atoms with E-state index < -0.39 is 0 Å². The van der Waals surface area contributed by atoms with E-state index in [0.29, 0.717) is 10.6 Å². The highest BCUT2D eigenvalue weighted by atomic mass is 35.5. The van der Waals surface area contributed by atoms with E-state index in [2.05, 4.69) is 52.7 Å². The highest BCUT2D eigenvalue weighted by Crippen LogP contribution is 2.26. The second-order valence-electron chi connectivity index (χ2n) is 7.50. The van der Waals surface area contributed by atoms with Gasteiger partial charge in [-0.05, 0) is 36.4 Å². The molecule has 3 aromatic rings. The molecule has 0 aliphatic carbocycles. The van der Waals surface area contributed by atoms with Gasteiger partial charge in [-0.3, -0.25) is 4.79 Å². The van der Waals surface area contributed by atoms with Crippen LogP contribution in [0.15, 0.2) is 72.8 Å². The molecule has 1 aliphatic rings. The number of quaternary nitrogens is 1. The Bertz CT molecular complexity index is 1000. The third-order valence-corrected chi connectivity index (χ3v) is 6.27. The molecule has 1 saturated heterocycles. The minimum Gasteiger partial charge on any atom is -0.360 e. The maximum Gasteiger partial charge on any atom is 0.257 e. The maximum atomic E-state index is 12.5. The van der Waals surface area contributed by atoms with Gasteiger partial charge >= 0.3 is 0 Å². The molecule has 0 saturated carbocycles. The molecule has 1 aliphatic heterocycles. The first-order chi connectivity index (χ1) is 14.6. The van der Waals surface area contributed by atoms with Crippen LogP contribution in [0.4, 0.5) is 11.4 Å². The molecule has 30 heavy (non-hydrogen) atoms. The van der Waals surface area contributed by atoms with Gasteiger partial charge in [-0.1, -0.05) is 59.6 Å². The van der Waals surface area contributed by atoms with Crippen molar-refractivity contribution in [2.75, 3.05) is 36.4 Å². The molecule has 2 N–H and O–H groups in total. The number of amides is 1. The predicted octanol–water partition coefficient (Wildman–Crippen LogP) is 4.15. The number of rotatable bonds is 5. The van der Waals surface area contributed by atoms with Crippen LogP contribution in [0.3, 0.4) is 0 Å². The van der Waals surface area contributed by atoms with Crippen molar-refractivity contribution < 1.29 is 9.69 Å². The third-order valence-electron chi connectivity index (χ3n) is 5.45. The van der Waals surface area contributed by atoms with Crippen molar-refractivity contribution in [2.45, 2.75) is 6.54 Å². The van der Waals surface area contributed by atoms with Crippen LogP contribution in [-0.4, -0.2) is 32.1 Å². The molecule has 6 heteroatoms. The quantitative estimate of drug-likeness (QED) is 0.624. The molecule has 3 aromatic carbocycles. The summed E-state index contributed by atoms with van der Waals surface area (Å²) < 4.78 is 0. The van der Waals surface area contributed by atoms with Crippen molar-refractivity contribution in [1.29, 1.82) is 0 Å². The van der Waals surface area contributed by atoms with Crippen LogP contribution < -0.4 is 15.1 Å². The number of hydrogen-bond acceptors (Lipinski definition) is 2. The summed E-state index contributed by atoms with van der Waals surface area (Å²) in [6.45, 7) is 5.34. The van der Waals surface area contributed by atoms with E-state index in [1.807, 2.05) is 12.1 Å². The second-order valence-corrected chi connectivity index (χ2v) is 8.29. The van der Waals surface area contributed by atoms with Gasteiger partial charge in [0, 0.05) is 16.9 Å². The van der Waals surface area contributed by atoms with Crippen LogP contribution in [0.1, 0.15) is 15.9 Å². The van der Waals surface area contributed by atoms with Gasteiger partial charge in [0.05, 0.1) is 41.8 Å². The highest BCUT2D eigenvalue weighted by molar-refractivity contribution is 6.44. The van der Waals surface area contributed by atoms with E-state index in [9.17, 15) is 4.79 Å². The topological polar surface area (TPSA) is 36.8 Å². The number of carbonyl (C=O) groups is 1. The Kier molecular flexibility index (Phi) is 6.58. The number of hydrogen-bond donors (Lipinski definition) is 2. The Morgan fingerprint density at radius 2 is 1.60 bits per heavy atom. The lowest BCUT2D eigenvalue weighted by Gasteiger charge is -2.33. The number of halogens is 2. The molecule has 0 bridgehead atoms. The summed E-state index contributed by atoms with van der Waals surface area (Å²) >= 11 is 12.1. The molecule has 1 amide bonds. The van der Waals surface area contributed by atoms with Crippen molar-refractivity contribution >= 4 is 40.5 Å². The van der Waals surface area contributed by atoms with E-state index in [1.54, 1.807) is 23.1 Å². The molecule has 0 atom stereocenters. The number of nitrogens with one attached hydrogen (secondary N) is 2. The SMILES string of the molecule is O=C(Nc1ccc(N2CC[NH+](Cc3ccccc3)CC2)cc1)c1cccc(Cl)c1Cl. The van der Waals surface area contributed by atoms with Crippen molar-refractivity contribution in [2.24, 2.45) is 0 Å². The minimum absolute atomic E-state index is 0.268. The lowest BCUT2D eigenvalue weighted by molar-refractivity contribution is -0.914. The van der Waals surface area contributed by atoms with E-state index in [4.69, 9.17) is 23.2 Å². The number of carbonyl (C=O) groups excluding carboxylic acids is 1. The van der Waals surface area contributed by atoms with E-state index >= 15 is 0 Å². The number of nitrogens with zero attached hydrogens (tertiary/aromatic N) is 1. The smallest absolute Gasteiger partial charge is 0.257 e. The normalized spacial score (nSPS) is 14.5. The standard InChI is InChI=1S/C24H23Cl2N3O/c25-22-8-4-7-21(23(22)26)24(30)27-19-9-11-20(12-10-19)29-15-13-28(14-16-29)17-18-5-2-1-3-6-18/h1-12H,13-17H2,(H,27,30)/p+1. The monoisotopic (exact) mass is 440 g/mol. The fraction of sp³-hybridized carbons (Fsp3) is 0.208. The van der Waals surface area contributed by atoms with Gasteiger partial charge in [-0.25, -0.2) is 0 Å². The molecular weight excluding hydrogens is 417 g/mol. The fourth-order valence-electron chi connectivity index (χ4n) is 3.78. The second kappa shape index (κ2) is 9.52. The lowest BCUT2D eigenvalue weighted by Crippen LogP contribution is -3.13. The van der Waals surface area contributed by atoms with Crippen molar-refractivity contribution in [3.63, 3.8) is 0 Å². The van der Waals surface area contributed by atoms with Crippen LogP contribution >= 0.6 is 23.2 Å². The minimum atomic E-state index is -0.270. The molecule has 0 radical (unpaired) electrons. The van der Waals surface area contributed by atoms with E-state index in [-0.39, 0.29) is 10.9 Å². The van der Waals surface area contributed by atoms with Crippen LogP contribution in [0, 0.1) is 0 Å². The lowest BCUT2D eigenvalue weighted by atomic mass is 10.1. The van der Waals surface area contributed by atoms with Gasteiger partial charge in [-0.2, -0.15) is 0 Å². The molecule has 1 heterocycles. The van der Waals surface area contributed by atoms with E-state index in [1.165, 1.54) is 11.3 Å². The van der Waals surface area contributed by atoms with Gasteiger partial charge in [0.25, 0.3) is 5.91 Å². The summed E-state index contributed by atoms with van der Waals surface area (Å²) in [6.07, 6.45) is 0. The van der Waals surface area contributed by atoms with Gasteiger partial charge in [0.15, 0.2) is 0 Å². The first kappa shape index (κ1) is 20.7. The zero-order valence-electron chi connectivity index (χ0n) is 16.6. The fourth-order valence-corrected chi connectivity index (χ4v) is 4.16. The van der Waals surface area contributed by atoms with Crippen LogP contribution in [-0.2, 0) is 6.54 Å². The van der Waals surface area contributed by atoms with Gasteiger partial charge < -0.3 is 15.1 Å². The average Bonchev–Trinajstić information content (AvgIpc) is 2.77. The summed E-state index contributed by atoms with van der Waals surface area (Å²) in [6, 6.07) is 23.7. The Morgan fingerprint density at radius 1 is 0.900 bits per heavy atom. The molecule has 154 valence electrons. The van der Waals surface area contributed by atoms with Crippen molar-refractivity contribution in [1.82, 2.24) is 0 Å². The largest absolute Gasteiger partial charge is 0.360 e. The van der Waals surface area contributed by atoms with Crippen LogP contribution in [0.2, 0.25) is 10.0 Å². The van der Waals surface area contributed by atoms with Crippen molar-refractivity contribution in [3.8, 4) is 0 Å². The molecule has 4 rings (SSSR count). The van der Waals surface area contributed by atoms with Gasteiger partial charge in [0.1, 0.15) is 6.54 Å². The van der Waals surface area contributed by atoms with Gasteiger partial charge in [0.2, 0.25) is 0 Å². The molecule has 0 aromatic heterocycles. The molecule has 1 fully saturated rings. The Morgan fingerprint density at radius 3 is 2.30 bits per heavy atom. The Balaban J connectivity index is 1.33. The molecule has 4 nitrogen and oxygen atoms in total. The summed E-state index contributed by atoms with van der Waals surface area (Å²) in [5, 5.41) is 3.52. The van der Waals surface area contributed by atoms with E-state index in [0.717, 1.165) is 38.4 Å². The molecule has 0 unspecified atom stereocenters. The maximum absolute atomic E-state index is 12.5. The summed E-state index contributed by atoms with van der Waals surface area (Å²) in [5.74, 6) is -0.270. The predicted molar refractivity (Wildman–Crippen MR) is 124 cm³/mol. The summed E-state index contributed by atoms with van der Waals surface area (Å²) in [5.41, 5.74) is 3.66.